The number of benzene rings is 1. The fourth-order valence-electron chi connectivity index (χ4n) is 1.45. The van der Waals surface area contributed by atoms with Crippen molar-refractivity contribution in [3.05, 3.63) is 18.8 Å². The Morgan fingerprint density at radius 3 is 2.28 bits per heavy atom. The molecule has 100 valence electrons. The van der Waals surface area contributed by atoms with Gasteiger partial charge >= 0.3 is 5.97 Å². The van der Waals surface area contributed by atoms with Gasteiger partial charge in [-0.2, -0.15) is 0 Å². The Hall–Kier alpha value is -0.0900. The molecule has 1 aromatic carbocycles. The first-order valence-electron chi connectivity index (χ1n) is 5.15. The molecule has 0 heterocycles. The Morgan fingerprint density at radius 1 is 1.33 bits per heavy atom. The smallest absolute Gasteiger partial charge is 0.308 e. The van der Waals surface area contributed by atoms with Crippen molar-refractivity contribution in [1.29, 1.82) is 0 Å². The minimum Gasteiger partial charge on any atom is -0.492 e. The van der Waals surface area contributed by atoms with E-state index in [0.717, 1.165) is 12.7 Å². The summed E-state index contributed by atoms with van der Waals surface area (Å²) in [6, 6.07) is 1.79. The van der Waals surface area contributed by atoms with Gasteiger partial charge in [0.2, 0.25) is 0 Å². The van der Waals surface area contributed by atoms with Crippen LogP contribution in [0.25, 0.3) is 0 Å². The maximum absolute atomic E-state index is 11.1. The molecular weight excluding hydrogens is 462 g/mol. The number of halogens is 2. The average molecular weight is 476 g/mol. The molecule has 0 amide bonds. The number of carbonyl (C=O) groups is 1. The molecule has 0 saturated carbocycles. The van der Waals surface area contributed by atoms with Crippen molar-refractivity contribution in [3.63, 3.8) is 0 Å². The second kappa shape index (κ2) is 5.91. The molecule has 1 rings (SSSR count). The average Bonchev–Trinajstić information content (AvgIpc) is 2.21. The van der Waals surface area contributed by atoms with Gasteiger partial charge in [-0.1, -0.05) is 0 Å². The normalized spacial score (nSPS) is 11.3. The zero-order chi connectivity index (χ0) is 14.1. The Bertz CT molecular complexity index is 478. The second-order valence-corrected chi connectivity index (χ2v) is 6.48. The monoisotopic (exact) mass is 476 g/mol. The first-order chi connectivity index (χ1) is 8.18. The van der Waals surface area contributed by atoms with Crippen LogP contribution in [-0.4, -0.2) is 18.2 Å². The second-order valence-electron chi connectivity index (χ2n) is 4.23. The Kier molecular flexibility index (Phi) is 5.24. The van der Waals surface area contributed by atoms with Crippen LogP contribution in [0.3, 0.4) is 0 Å². The highest BCUT2D eigenvalue weighted by Gasteiger charge is 2.26. The maximum atomic E-state index is 11.1. The molecule has 0 fully saturated rings. The van der Waals surface area contributed by atoms with Crippen LogP contribution in [0.5, 0.6) is 11.5 Å². The van der Waals surface area contributed by atoms with Crippen LogP contribution in [0.4, 0.5) is 0 Å². The van der Waals surface area contributed by atoms with E-state index < -0.39 is 11.6 Å². The summed E-state index contributed by atoms with van der Waals surface area (Å²) in [6.45, 7) is 4.74. The van der Waals surface area contributed by atoms with Crippen LogP contribution in [0, 0.1) is 7.14 Å². The predicted octanol–water partition coefficient (Wildman–Crippen LogP) is 3.06. The fourth-order valence-corrected chi connectivity index (χ4v) is 3.40. The van der Waals surface area contributed by atoms with E-state index in [1.165, 1.54) is 14.0 Å². The molecule has 6 heteroatoms. The third kappa shape index (κ3) is 3.47. The van der Waals surface area contributed by atoms with Gasteiger partial charge in [0.05, 0.1) is 19.9 Å². The van der Waals surface area contributed by atoms with Crippen molar-refractivity contribution in [2.24, 2.45) is 0 Å². The minimum atomic E-state index is -0.988. The number of esters is 1. The zero-order valence-corrected chi connectivity index (χ0v) is 14.8. The van der Waals surface area contributed by atoms with Crippen LogP contribution in [0.1, 0.15) is 26.3 Å². The van der Waals surface area contributed by atoms with Crippen LogP contribution in [0.15, 0.2) is 6.07 Å². The molecule has 0 aliphatic rings. The first-order valence-corrected chi connectivity index (χ1v) is 7.31. The van der Waals surface area contributed by atoms with Crippen molar-refractivity contribution < 1.29 is 19.4 Å². The molecule has 0 radical (unpaired) electrons. The van der Waals surface area contributed by atoms with Crippen molar-refractivity contribution in [2.45, 2.75) is 26.4 Å². The molecule has 0 bridgehead atoms. The van der Waals surface area contributed by atoms with E-state index in [9.17, 15) is 9.90 Å². The maximum Gasteiger partial charge on any atom is 0.308 e. The molecule has 1 N–H and O–H groups in total. The van der Waals surface area contributed by atoms with Gasteiger partial charge < -0.3 is 14.6 Å². The number of ether oxygens (including phenoxy) is 2. The lowest BCUT2D eigenvalue weighted by atomic mass is 9.98. The van der Waals surface area contributed by atoms with Gasteiger partial charge in [0.25, 0.3) is 0 Å². The number of carbonyl (C=O) groups excluding carboxylic acids is 1. The van der Waals surface area contributed by atoms with E-state index in [1.807, 2.05) is 0 Å². The van der Waals surface area contributed by atoms with Gasteiger partial charge in [0, 0.05) is 12.5 Å². The number of hydrogen-bond acceptors (Lipinski definition) is 4. The summed E-state index contributed by atoms with van der Waals surface area (Å²) >= 11 is 4.13. The molecule has 4 nitrogen and oxygen atoms in total. The first kappa shape index (κ1) is 16.0. The molecular formula is C12H14I2O4. The number of methoxy groups -OCH3 is 1. The third-order valence-electron chi connectivity index (χ3n) is 2.24. The summed E-state index contributed by atoms with van der Waals surface area (Å²) in [5.41, 5.74) is -0.251. The molecule has 1 aromatic rings. The van der Waals surface area contributed by atoms with Gasteiger partial charge in [-0.25, -0.2) is 0 Å². The summed E-state index contributed by atoms with van der Waals surface area (Å²) in [7, 11) is 1.51. The van der Waals surface area contributed by atoms with E-state index in [0.29, 0.717) is 11.5 Å². The van der Waals surface area contributed by atoms with Crippen LogP contribution < -0.4 is 9.47 Å². The third-order valence-corrected chi connectivity index (χ3v) is 4.11. The van der Waals surface area contributed by atoms with Crippen LogP contribution in [0.2, 0.25) is 0 Å². The van der Waals surface area contributed by atoms with Crippen molar-refractivity contribution in [1.82, 2.24) is 0 Å². The Balaban J connectivity index is 3.50. The van der Waals surface area contributed by atoms with E-state index >= 15 is 0 Å². The molecule has 18 heavy (non-hydrogen) atoms. The van der Waals surface area contributed by atoms with E-state index in [4.69, 9.17) is 9.47 Å². The zero-order valence-electron chi connectivity index (χ0n) is 10.5. The largest absolute Gasteiger partial charge is 0.492 e. The molecule has 0 aromatic heterocycles. The van der Waals surface area contributed by atoms with E-state index in [-0.39, 0.29) is 0 Å². The van der Waals surface area contributed by atoms with Crippen molar-refractivity contribution >= 4 is 51.2 Å². The van der Waals surface area contributed by atoms with Gasteiger partial charge in [0.15, 0.2) is 11.5 Å². The summed E-state index contributed by atoms with van der Waals surface area (Å²) < 4.78 is 11.9. The van der Waals surface area contributed by atoms with E-state index in [1.54, 1.807) is 19.9 Å². The lowest BCUT2D eigenvalue weighted by molar-refractivity contribution is -0.132. The summed E-state index contributed by atoms with van der Waals surface area (Å²) in [5.74, 6) is 0.454. The molecule has 0 aliphatic heterocycles. The summed E-state index contributed by atoms with van der Waals surface area (Å²) in [4.78, 5) is 11.1. The summed E-state index contributed by atoms with van der Waals surface area (Å²) in [5, 5.41) is 10.1. The SMILES string of the molecule is COc1c(I)c(C(C)(C)O)cc(I)c1OC(C)=O. The minimum absolute atomic E-state index is 0.392. The fraction of sp³-hybridized carbons (Fsp3) is 0.417. The number of aliphatic hydroxyl groups is 1. The molecule has 0 spiro atoms. The highest BCUT2D eigenvalue weighted by molar-refractivity contribution is 14.1. The molecule has 0 saturated heterocycles. The topological polar surface area (TPSA) is 55.8 Å². The lowest BCUT2D eigenvalue weighted by Crippen LogP contribution is -2.19. The van der Waals surface area contributed by atoms with Crippen molar-refractivity contribution in [2.75, 3.05) is 7.11 Å². The van der Waals surface area contributed by atoms with Crippen LogP contribution in [-0.2, 0) is 10.4 Å². The molecule has 0 aliphatic carbocycles. The molecule has 0 unspecified atom stereocenters. The lowest BCUT2D eigenvalue weighted by Gasteiger charge is -2.23. The predicted molar refractivity (Wildman–Crippen MR) is 85.0 cm³/mol. The number of rotatable bonds is 3. The Labute approximate surface area is 133 Å². The van der Waals surface area contributed by atoms with E-state index in [2.05, 4.69) is 45.2 Å². The van der Waals surface area contributed by atoms with Gasteiger partial charge in [-0.15, -0.1) is 0 Å². The van der Waals surface area contributed by atoms with Crippen LogP contribution >= 0.6 is 45.2 Å². The van der Waals surface area contributed by atoms with Crippen molar-refractivity contribution in [3.8, 4) is 11.5 Å². The summed E-state index contributed by atoms with van der Waals surface area (Å²) in [6.07, 6.45) is 0. The highest BCUT2D eigenvalue weighted by atomic mass is 127. The quantitative estimate of drug-likeness (QED) is 0.415. The Morgan fingerprint density at radius 2 is 1.89 bits per heavy atom. The highest BCUT2D eigenvalue weighted by Crippen LogP contribution is 2.42. The van der Waals surface area contributed by atoms with Gasteiger partial charge in [-0.05, 0) is 65.1 Å². The standard InChI is InChI=1S/C12H14I2O4/c1-6(15)18-10-8(13)5-7(12(2,3)16)9(14)11(10)17-4/h5,16H,1-4H3. The van der Waals surface area contributed by atoms with Gasteiger partial charge in [-0.3, -0.25) is 4.79 Å². The van der Waals surface area contributed by atoms with Gasteiger partial charge in [0.1, 0.15) is 0 Å². The molecule has 0 atom stereocenters. The number of hydrogen-bond donors (Lipinski definition) is 1.